The van der Waals surface area contributed by atoms with Gasteiger partial charge in [-0.25, -0.2) is 4.98 Å². The van der Waals surface area contributed by atoms with Crippen LogP contribution in [0.4, 0.5) is 5.69 Å². The minimum absolute atomic E-state index is 0.247. The third kappa shape index (κ3) is 3.84. The Bertz CT molecular complexity index is 1150. The molecule has 0 bridgehead atoms. The topological polar surface area (TPSA) is 55.1 Å². The molecule has 0 unspecified atom stereocenters. The van der Waals surface area contributed by atoms with Gasteiger partial charge in [0.15, 0.2) is 5.58 Å². The molecule has 1 heterocycles. The van der Waals surface area contributed by atoms with Crippen molar-refractivity contribution in [2.24, 2.45) is 0 Å². The molecule has 4 nitrogen and oxygen atoms in total. The highest BCUT2D eigenvalue weighted by Crippen LogP contribution is 2.26. The van der Waals surface area contributed by atoms with Crippen molar-refractivity contribution >= 4 is 56.9 Å². The number of halogens is 2. The van der Waals surface area contributed by atoms with Crippen LogP contribution < -0.4 is 5.32 Å². The number of benzene rings is 3. The van der Waals surface area contributed by atoms with Crippen LogP contribution in [-0.4, -0.2) is 10.9 Å². The number of hydrogen-bond donors (Lipinski definition) is 1. The molecule has 0 radical (unpaired) electrons. The van der Waals surface area contributed by atoms with Crippen molar-refractivity contribution in [3.05, 3.63) is 80.4 Å². The van der Waals surface area contributed by atoms with Gasteiger partial charge >= 0.3 is 0 Å². The van der Waals surface area contributed by atoms with Gasteiger partial charge < -0.3 is 9.73 Å². The summed E-state index contributed by atoms with van der Waals surface area (Å²) in [7, 11) is 0. The third-order valence-electron chi connectivity index (χ3n) is 4.11. The Morgan fingerprint density at radius 1 is 1.07 bits per heavy atom. The molecule has 134 valence electrons. The number of rotatable bonds is 3. The largest absolute Gasteiger partial charge is 0.436 e. The summed E-state index contributed by atoms with van der Waals surface area (Å²) < 4.78 is 6.79. The lowest BCUT2D eigenvalue weighted by Crippen LogP contribution is -2.12. The van der Waals surface area contributed by atoms with Crippen LogP contribution >= 0.6 is 34.2 Å². The Hall–Kier alpha value is -2.38. The zero-order chi connectivity index (χ0) is 19.0. The second-order valence-electron chi connectivity index (χ2n) is 6.15. The van der Waals surface area contributed by atoms with E-state index in [9.17, 15) is 4.79 Å². The van der Waals surface area contributed by atoms with E-state index in [0.717, 1.165) is 25.8 Å². The van der Waals surface area contributed by atoms with E-state index in [1.807, 2.05) is 55.5 Å². The molecule has 6 heteroatoms. The van der Waals surface area contributed by atoms with Crippen LogP contribution in [0.15, 0.2) is 65.1 Å². The Morgan fingerprint density at radius 3 is 2.63 bits per heavy atom. The molecule has 4 rings (SSSR count). The summed E-state index contributed by atoms with van der Waals surface area (Å²) in [6, 6.07) is 18.6. The molecule has 0 aliphatic carbocycles. The van der Waals surface area contributed by atoms with Crippen LogP contribution in [0.3, 0.4) is 0 Å². The molecule has 3 aromatic carbocycles. The summed E-state index contributed by atoms with van der Waals surface area (Å²) in [5.74, 6) is 0.303. The molecule has 0 aliphatic rings. The van der Waals surface area contributed by atoms with Gasteiger partial charge in [-0.1, -0.05) is 17.7 Å². The van der Waals surface area contributed by atoms with Crippen LogP contribution in [0, 0.1) is 10.5 Å². The Labute approximate surface area is 174 Å². The van der Waals surface area contributed by atoms with Crippen molar-refractivity contribution in [3.8, 4) is 11.5 Å². The molecule has 27 heavy (non-hydrogen) atoms. The molecule has 0 atom stereocenters. The number of carbonyl (C=O) groups is 1. The molecule has 1 aromatic heterocycles. The molecular formula is C21H14ClIN2O2. The first-order valence-electron chi connectivity index (χ1n) is 8.23. The molecule has 0 aliphatic heterocycles. The van der Waals surface area contributed by atoms with E-state index in [2.05, 4.69) is 32.9 Å². The summed E-state index contributed by atoms with van der Waals surface area (Å²) in [6.45, 7) is 2.01. The fraction of sp³-hybridized carbons (Fsp3) is 0.0476. The van der Waals surface area contributed by atoms with Crippen molar-refractivity contribution in [3.63, 3.8) is 0 Å². The van der Waals surface area contributed by atoms with Gasteiger partial charge in [-0.3, -0.25) is 4.79 Å². The van der Waals surface area contributed by atoms with Gasteiger partial charge in [0, 0.05) is 14.8 Å². The van der Waals surface area contributed by atoms with Crippen LogP contribution in [0.2, 0.25) is 5.02 Å². The van der Waals surface area contributed by atoms with Crippen molar-refractivity contribution in [1.82, 2.24) is 4.98 Å². The standard InChI is InChI=1S/C21H14ClIN2O2/c1-12-2-9-18-19(10-12)27-21(25-18)13-3-6-15(7-4-13)24-20(26)16-11-14(23)5-8-17(16)22/h2-11H,1H3,(H,24,26). The van der Waals surface area contributed by atoms with Gasteiger partial charge in [0.05, 0.1) is 10.6 Å². The maximum absolute atomic E-state index is 12.5. The first-order valence-corrected chi connectivity index (χ1v) is 9.69. The van der Waals surface area contributed by atoms with Crippen LogP contribution in [0.1, 0.15) is 15.9 Å². The van der Waals surface area contributed by atoms with E-state index >= 15 is 0 Å². The molecule has 4 aromatic rings. The average Bonchev–Trinajstić information content (AvgIpc) is 3.07. The first-order chi connectivity index (χ1) is 13.0. The molecule has 0 saturated heterocycles. The Morgan fingerprint density at radius 2 is 1.85 bits per heavy atom. The number of anilines is 1. The van der Waals surface area contributed by atoms with Crippen LogP contribution in [-0.2, 0) is 0 Å². The van der Waals surface area contributed by atoms with Crippen LogP contribution in [0.25, 0.3) is 22.6 Å². The minimum Gasteiger partial charge on any atom is -0.436 e. The van der Waals surface area contributed by atoms with E-state index in [1.54, 1.807) is 12.1 Å². The number of aromatic nitrogens is 1. The second-order valence-corrected chi connectivity index (χ2v) is 7.80. The van der Waals surface area contributed by atoms with Crippen molar-refractivity contribution < 1.29 is 9.21 Å². The highest BCUT2D eigenvalue weighted by atomic mass is 127. The summed E-state index contributed by atoms with van der Waals surface area (Å²) in [5.41, 5.74) is 4.66. The number of nitrogens with one attached hydrogen (secondary N) is 1. The van der Waals surface area contributed by atoms with E-state index in [0.29, 0.717) is 22.2 Å². The average molecular weight is 489 g/mol. The van der Waals surface area contributed by atoms with Gasteiger partial charge in [-0.15, -0.1) is 0 Å². The molecular weight excluding hydrogens is 475 g/mol. The molecule has 0 saturated carbocycles. The Balaban J connectivity index is 1.56. The lowest BCUT2D eigenvalue weighted by Gasteiger charge is -2.07. The number of amides is 1. The maximum atomic E-state index is 12.5. The first kappa shape index (κ1) is 18.0. The zero-order valence-electron chi connectivity index (χ0n) is 14.3. The lowest BCUT2D eigenvalue weighted by atomic mass is 10.2. The van der Waals surface area contributed by atoms with E-state index in [4.69, 9.17) is 16.0 Å². The fourth-order valence-electron chi connectivity index (χ4n) is 2.72. The zero-order valence-corrected chi connectivity index (χ0v) is 17.2. The van der Waals surface area contributed by atoms with Gasteiger partial charge in [0.25, 0.3) is 5.91 Å². The Kier molecular flexibility index (Phi) is 4.88. The highest BCUT2D eigenvalue weighted by Gasteiger charge is 2.12. The molecule has 1 amide bonds. The fourth-order valence-corrected chi connectivity index (χ4v) is 3.42. The molecule has 1 N–H and O–H groups in total. The predicted molar refractivity (Wildman–Crippen MR) is 116 cm³/mol. The number of carbonyl (C=O) groups excluding carboxylic acids is 1. The second kappa shape index (κ2) is 7.32. The number of aryl methyl sites for hydroxylation is 1. The number of fused-ring (bicyclic) bond motifs is 1. The van der Waals surface area contributed by atoms with Crippen molar-refractivity contribution in [2.45, 2.75) is 6.92 Å². The highest BCUT2D eigenvalue weighted by molar-refractivity contribution is 14.1. The monoisotopic (exact) mass is 488 g/mol. The molecule has 0 fully saturated rings. The van der Waals surface area contributed by atoms with Gasteiger partial charge in [-0.2, -0.15) is 0 Å². The summed E-state index contributed by atoms with van der Waals surface area (Å²) in [4.78, 5) is 17.0. The van der Waals surface area contributed by atoms with Crippen LogP contribution in [0.5, 0.6) is 0 Å². The van der Waals surface area contributed by atoms with E-state index < -0.39 is 0 Å². The quantitative estimate of drug-likeness (QED) is 0.344. The number of oxazole rings is 1. The maximum Gasteiger partial charge on any atom is 0.257 e. The van der Waals surface area contributed by atoms with Crippen molar-refractivity contribution in [1.29, 1.82) is 0 Å². The SMILES string of the molecule is Cc1ccc2nc(-c3ccc(NC(=O)c4cc(I)ccc4Cl)cc3)oc2c1. The number of nitrogens with zero attached hydrogens (tertiary/aromatic N) is 1. The van der Waals surface area contributed by atoms with Gasteiger partial charge in [0.2, 0.25) is 5.89 Å². The smallest absolute Gasteiger partial charge is 0.257 e. The van der Waals surface area contributed by atoms with E-state index in [-0.39, 0.29) is 5.91 Å². The summed E-state index contributed by atoms with van der Waals surface area (Å²) >= 11 is 8.28. The van der Waals surface area contributed by atoms with Gasteiger partial charge in [0.1, 0.15) is 5.52 Å². The van der Waals surface area contributed by atoms with Crippen molar-refractivity contribution in [2.75, 3.05) is 5.32 Å². The minimum atomic E-state index is -0.247. The normalized spacial score (nSPS) is 10.9. The van der Waals surface area contributed by atoms with Gasteiger partial charge in [-0.05, 0) is 89.7 Å². The third-order valence-corrected chi connectivity index (χ3v) is 5.11. The van der Waals surface area contributed by atoms with E-state index in [1.165, 1.54) is 0 Å². The summed E-state index contributed by atoms with van der Waals surface area (Å²) in [6.07, 6.45) is 0. The lowest BCUT2D eigenvalue weighted by molar-refractivity contribution is 0.102. The predicted octanol–water partition coefficient (Wildman–Crippen LogP) is 6.31. The molecule has 0 spiro atoms. The number of hydrogen-bond acceptors (Lipinski definition) is 3. The summed E-state index contributed by atoms with van der Waals surface area (Å²) in [5, 5.41) is 3.28.